The third kappa shape index (κ3) is 4.35. The number of rotatable bonds is 6. The molecule has 0 bridgehead atoms. The van der Waals surface area contributed by atoms with E-state index in [1.165, 1.54) is 17.3 Å². The van der Waals surface area contributed by atoms with E-state index in [-0.39, 0.29) is 0 Å². The molecule has 0 aromatic heterocycles. The lowest BCUT2D eigenvalue weighted by Crippen LogP contribution is -2.50. The summed E-state index contributed by atoms with van der Waals surface area (Å²) in [6, 6.07) is 17.9. The van der Waals surface area contributed by atoms with Gasteiger partial charge in [0.25, 0.3) is 0 Å². The van der Waals surface area contributed by atoms with E-state index in [9.17, 15) is 9.90 Å². The van der Waals surface area contributed by atoms with Gasteiger partial charge in [-0.15, -0.1) is 11.8 Å². The van der Waals surface area contributed by atoms with Gasteiger partial charge in [-0.1, -0.05) is 30.3 Å². The number of ether oxygens (including phenoxy) is 1. The highest BCUT2D eigenvalue weighted by molar-refractivity contribution is 8.01. The molecular formula is C20H23NO3S. The number of carbonyl (C=O) groups is 1. The van der Waals surface area contributed by atoms with Crippen LogP contribution in [-0.2, 0) is 11.3 Å². The molecule has 1 aliphatic heterocycles. The summed E-state index contributed by atoms with van der Waals surface area (Å²) in [7, 11) is 1.63. The molecule has 2 aromatic carbocycles. The fourth-order valence-corrected chi connectivity index (χ4v) is 4.56. The van der Waals surface area contributed by atoms with E-state index in [4.69, 9.17) is 4.74 Å². The Morgan fingerprint density at radius 3 is 2.56 bits per heavy atom. The van der Waals surface area contributed by atoms with Crippen LogP contribution in [0.15, 0.2) is 59.5 Å². The topological polar surface area (TPSA) is 49.8 Å². The number of hydrogen-bond donors (Lipinski definition) is 1. The Kier molecular flexibility index (Phi) is 5.66. The van der Waals surface area contributed by atoms with E-state index < -0.39 is 10.7 Å². The maximum Gasteiger partial charge on any atom is 0.321 e. The molecule has 1 saturated heterocycles. The zero-order chi connectivity index (χ0) is 17.7. The predicted octanol–water partition coefficient (Wildman–Crippen LogP) is 3.91. The number of piperidine rings is 1. The van der Waals surface area contributed by atoms with Crippen molar-refractivity contribution in [3.63, 3.8) is 0 Å². The highest BCUT2D eigenvalue weighted by Crippen LogP contribution is 2.40. The summed E-state index contributed by atoms with van der Waals surface area (Å²) in [5.41, 5.74) is 1.22. The third-order valence-corrected chi connectivity index (χ3v) is 5.95. The van der Waals surface area contributed by atoms with Gasteiger partial charge in [-0.2, -0.15) is 0 Å². The molecule has 1 unspecified atom stereocenters. The number of hydrogen-bond acceptors (Lipinski definition) is 4. The molecule has 1 fully saturated rings. The first-order chi connectivity index (χ1) is 12.1. The molecule has 0 radical (unpaired) electrons. The van der Waals surface area contributed by atoms with Crippen LogP contribution in [0.2, 0.25) is 0 Å². The maximum atomic E-state index is 12.1. The second-order valence-electron chi connectivity index (χ2n) is 6.38. The van der Waals surface area contributed by atoms with Crippen LogP contribution in [0, 0.1) is 0 Å². The SMILES string of the molecule is COc1ccc(SC2(C(=O)O)CCCN(Cc3ccccc3)C2)cc1. The van der Waals surface area contributed by atoms with Gasteiger partial charge in [0.05, 0.1) is 7.11 Å². The van der Waals surface area contributed by atoms with Crippen molar-refractivity contribution in [3.8, 4) is 5.75 Å². The zero-order valence-electron chi connectivity index (χ0n) is 14.4. The first-order valence-corrected chi connectivity index (χ1v) is 9.26. The molecule has 4 nitrogen and oxygen atoms in total. The summed E-state index contributed by atoms with van der Waals surface area (Å²) in [6.07, 6.45) is 1.58. The number of likely N-dealkylation sites (tertiary alicyclic amines) is 1. The normalized spacial score (nSPS) is 21.0. The largest absolute Gasteiger partial charge is 0.497 e. The molecule has 25 heavy (non-hydrogen) atoms. The van der Waals surface area contributed by atoms with Crippen molar-refractivity contribution < 1.29 is 14.6 Å². The first-order valence-electron chi connectivity index (χ1n) is 8.44. The fraction of sp³-hybridized carbons (Fsp3) is 0.350. The Bertz CT molecular complexity index is 705. The van der Waals surface area contributed by atoms with Crippen LogP contribution in [0.5, 0.6) is 5.75 Å². The minimum atomic E-state index is -0.804. The Labute approximate surface area is 152 Å². The van der Waals surface area contributed by atoms with Crippen LogP contribution < -0.4 is 4.74 Å². The zero-order valence-corrected chi connectivity index (χ0v) is 15.2. The van der Waals surface area contributed by atoms with Crippen molar-refractivity contribution in [2.24, 2.45) is 0 Å². The van der Waals surface area contributed by atoms with Crippen LogP contribution >= 0.6 is 11.8 Å². The number of methoxy groups -OCH3 is 1. The standard InChI is InChI=1S/C20H23NO3S/c1-24-17-8-10-18(11-9-17)25-20(19(22)23)12-5-13-21(15-20)14-16-6-3-2-4-7-16/h2-4,6-11H,5,12-15H2,1H3,(H,22,23). The molecule has 1 heterocycles. The molecule has 1 atom stereocenters. The average molecular weight is 357 g/mol. The number of aliphatic carboxylic acids is 1. The summed E-state index contributed by atoms with van der Waals surface area (Å²) in [4.78, 5) is 15.3. The van der Waals surface area contributed by atoms with Crippen LogP contribution in [0.3, 0.4) is 0 Å². The lowest BCUT2D eigenvalue weighted by molar-refractivity contribution is -0.141. The summed E-state index contributed by atoms with van der Waals surface area (Å²) < 4.78 is 4.38. The molecule has 5 heteroatoms. The molecule has 0 amide bonds. The minimum Gasteiger partial charge on any atom is -0.497 e. The first kappa shape index (κ1) is 17.8. The fourth-order valence-electron chi connectivity index (χ4n) is 3.26. The lowest BCUT2D eigenvalue weighted by Gasteiger charge is -2.39. The highest BCUT2D eigenvalue weighted by Gasteiger charge is 2.43. The van der Waals surface area contributed by atoms with E-state index >= 15 is 0 Å². The van der Waals surface area contributed by atoms with Gasteiger partial charge in [0.15, 0.2) is 0 Å². The maximum absolute atomic E-state index is 12.1. The van der Waals surface area contributed by atoms with Gasteiger partial charge in [-0.25, -0.2) is 0 Å². The van der Waals surface area contributed by atoms with Crippen LogP contribution in [-0.4, -0.2) is 40.9 Å². The molecule has 132 valence electrons. The molecular weight excluding hydrogens is 334 g/mol. The van der Waals surface area contributed by atoms with Gasteiger partial charge < -0.3 is 9.84 Å². The summed E-state index contributed by atoms with van der Waals surface area (Å²) in [5.74, 6) is 0.0501. The summed E-state index contributed by atoms with van der Waals surface area (Å²) in [5, 5.41) is 9.96. The Hall–Kier alpha value is -1.98. The number of carboxylic acid groups (broad SMARTS) is 1. The van der Waals surface area contributed by atoms with Crippen LogP contribution in [0.25, 0.3) is 0 Å². The van der Waals surface area contributed by atoms with Crippen LogP contribution in [0.1, 0.15) is 18.4 Å². The smallest absolute Gasteiger partial charge is 0.321 e. The lowest BCUT2D eigenvalue weighted by atomic mass is 9.96. The second kappa shape index (κ2) is 7.93. The molecule has 0 spiro atoms. The molecule has 0 saturated carbocycles. The quantitative estimate of drug-likeness (QED) is 0.849. The number of benzene rings is 2. The van der Waals surface area contributed by atoms with Crippen molar-refractivity contribution in [1.82, 2.24) is 4.90 Å². The third-order valence-electron chi connectivity index (χ3n) is 4.55. The van der Waals surface area contributed by atoms with E-state index in [1.807, 2.05) is 42.5 Å². The molecule has 1 N–H and O–H groups in total. The molecule has 3 rings (SSSR count). The second-order valence-corrected chi connectivity index (χ2v) is 7.83. The van der Waals surface area contributed by atoms with Crippen molar-refractivity contribution >= 4 is 17.7 Å². The number of thioether (sulfide) groups is 1. The van der Waals surface area contributed by atoms with Gasteiger partial charge in [0.2, 0.25) is 0 Å². The van der Waals surface area contributed by atoms with E-state index in [0.29, 0.717) is 13.0 Å². The Morgan fingerprint density at radius 2 is 1.92 bits per heavy atom. The molecule has 2 aromatic rings. The summed E-state index contributed by atoms with van der Waals surface area (Å²) >= 11 is 1.46. The number of carboxylic acids is 1. The monoisotopic (exact) mass is 357 g/mol. The average Bonchev–Trinajstić information content (AvgIpc) is 2.63. The van der Waals surface area contributed by atoms with Crippen molar-refractivity contribution in [1.29, 1.82) is 0 Å². The van der Waals surface area contributed by atoms with Gasteiger partial charge in [0.1, 0.15) is 10.5 Å². The van der Waals surface area contributed by atoms with Crippen molar-refractivity contribution in [2.75, 3.05) is 20.2 Å². The van der Waals surface area contributed by atoms with Gasteiger partial charge >= 0.3 is 5.97 Å². The van der Waals surface area contributed by atoms with Gasteiger partial charge in [-0.3, -0.25) is 9.69 Å². The van der Waals surface area contributed by atoms with E-state index in [1.54, 1.807) is 7.11 Å². The number of nitrogens with zero attached hydrogens (tertiary/aromatic N) is 1. The summed E-state index contributed by atoms with van der Waals surface area (Å²) in [6.45, 7) is 2.28. The van der Waals surface area contributed by atoms with E-state index in [2.05, 4.69) is 17.0 Å². The van der Waals surface area contributed by atoms with Crippen molar-refractivity contribution in [2.45, 2.75) is 29.0 Å². The van der Waals surface area contributed by atoms with Gasteiger partial charge in [-0.05, 0) is 49.2 Å². The van der Waals surface area contributed by atoms with Crippen LogP contribution in [0.4, 0.5) is 0 Å². The molecule has 1 aliphatic rings. The highest BCUT2D eigenvalue weighted by atomic mass is 32.2. The molecule has 0 aliphatic carbocycles. The van der Waals surface area contributed by atoms with E-state index in [0.717, 1.165) is 30.2 Å². The Balaban J connectivity index is 1.75. The van der Waals surface area contributed by atoms with Crippen molar-refractivity contribution in [3.05, 3.63) is 60.2 Å². The predicted molar refractivity (Wildman–Crippen MR) is 100 cm³/mol. The Morgan fingerprint density at radius 1 is 1.20 bits per heavy atom. The van der Waals surface area contributed by atoms with Gasteiger partial charge in [0, 0.05) is 18.0 Å². The minimum absolute atomic E-state index is 0.550.